The molecule has 0 fully saturated rings. The van der Waals surface area contributed by atoms with Gasteiger partial charge in [-0.25, -0.2) is 14.8 Å². The number of aromatic amines is 2. The molecule has 0 spiro atoms. The van der Waals surface area contributed by atoms with E-state index in [1.165, 1.54) is 26.5 Å². The zero-order valence-electron chi connectivity index (χ0n) is 15.0. The maximum atomic E-state index is 12.5. The van der Waals surface area contributed by atoms with Crippen LogP contribution in [0.3, 0.4) is 0 Å². The summed E-state index contributed by atoms with van der Waals surface area (Å²) >= 11 is 0. The van der Waals surface area contributed by atoms with Gasteiger partial charge in [0.2, 0.25) is 11.8 Å². The molecular formula is C16H23N7O4. The van der Waals surface area contributed by atoms with E-state index in [4.69, 9.17) is 5.73 Å². The Hall–Kier alpha value is -3.21. The van der Waals surface area contributed by atoms with Crippen molar-refractivity contribution in [2.45, 2.75) is 44.3 Å². The lowest BCUT2D eigenvalue weighted by atomic mass is 10.0. The van der Waals surface area contributed by atoms with E-state index in [-0.39, 0.29) is 12.8 Å². The number of hydrogen-bond acceptors (Lipinski definition) is 6. The number of amides is 2. The van der Waals surface area contributed by atoms with Crippen molar-refractivity contribution < 1.29 is 19.5 Å². The molecule has 0 saturated heterocycles. The first-order chi connectivity index (χ1) is 12.7. The van der Waals surface area contributed by atoms with Gasteiger partial charge in [-0.15, -0.1) is 0 Å². The Balaban J connectivity index is 1.95. The largest absolute Gasteiger partial charge is 0.480 e. The normalized spacial score (nSPS) is 13.6. The van der Waals surface area contributed by atoms with Gasteiger partial charge in [0.25, 0.3) is 0 Å². The number of imidazole rings is 2. The first kappa shape index (κ1) is 20.1. The Bertz CT molecular complexity index is 771. The molecule has 146 valence electrons. The summed E-state index contributed by atoms with van der Waals surface area (Å²) in [7, 11) is 0. The number of nitrogens with one attached hydrogen (secondary N) is 4. The molecule has 0 unspecified atom stereocenters. The molecule has 27 heavy (non-hydrogen) atoms. The maximum absolute atomic E-state index is 12.5. The van der Waals surface area contributed by atoms with Crippen molar-refractivity contribution in [1.29, 1.82) is 0 Å². The van der Waals surface area contributed by atoms with Gasteiger partial charge in [0.15, 0.2) is 0 Å². The lowest BCUT2D eigenvalue weighted by Crippen LogP contribution is -2.60. The first-order valence-electron chi connectivity index (χ1n) is 8.25. The summed E-state index contributed by atoms with van der Waals surface area (Å²) in [6.07, 6.45) is 6.27. The Labute approximate surface area is 155 Å². The van der Waals surface area contributed by atoms with Gasteiger partial charge < -0.3 is 31.4 Å². The van der Waals surface area contributed by atoms with Crippen LogP contribution in [0.15, 0.2) is 25.0 Å². The van der Waals surface area contributed by atoms with Gasteiger partial charge >= 0.3 is 5.97 Å². The SMILES string of the molecule is CC(C)(NC(=O)[C@@H](N)Cc1c[nH]cn1)C(=O)N[C@@H](Cc1c[nH]cn1)C(=O)O. The molecule has 2 heterocycles. The second-order valence-electron chi connectivity index (χ2n) is 6.61. The van der Waals surface area contributed by atoms with E-state index in [2.05, 4.69) is 30.6 Å². The summed E-state index contributed by atoms with van der Waals surface area (Å²) in [5.41, 5.74) is 5.60. The molecule has 0 bridgehead atoms. The van der Waals surface area contributed by atoms with Crippen molar-refractivity contribution in [3.63, 3.8) is 0 Å². The average molecular weight is 377 g/mol. The van der Waals surface area contributed by atoms with E-state index >= 15 is 0 Å². The van der Waals surface area contributed by atoms with Crippen molar-refractivity contribution >= 4 is 17.8 Å². The standard InChI is InChI=1S/C16H23N7O4/c1-16(2,23-13(24)11(17)3-9-5-18-7-20-9)15(27)22-12(14(25)26)4-10-6-19-8-21-10/h5-8,11-12H,3-4,17H2,1-2H3,(H,18,20)(H,19,21)(H,22,27)(H,23,24)(H,25,26)/t11-,12-/m0/s1. The highest BCUT2D eigenvalue weighted by Gasteiger charge is 2.34. The highest BCUT2D eigenvalue weighted by molar-refractivity contribution is 5.94. The number of rotatable bonds is 9. The predicted octanol–water partition coefficient (Wildman–Crippen LogP) is -1.29. The van der Waals surface area contributed by atoms with Crippen LogP contribution in [0.1, 0.15) is 25.2 Å². The average Bonchev–Trinajstić information content (AvgIpc) is 3.27. The van der Waals surface area contributed by atoms with Crippen LogP contribution < -0.4 is 16.4 Å². The fraction of sp³-hybridized carbons (Fsp3) is 0.438. The van der Waals surface area contributed by atoms with Gasteiger partial charge in [-0.2, -0.15) is 0 Å². The minimum Gasteiger partial charge on any atom is -0.480 e. The van der Waals surface area contributed by atoms with Crippen molar-refractivity contribution in [2.75, 3.05) is 0 Å². The number of aliphatic carboxylic acids is 1. The number of nitrogens with zero attached hydrogens (tertiary/aromatic N) is 2. The third-order valence-electron chi connectivity index (χ3n) is 3.90. The second kappa shape index (κ2) is 8.45. The number of H-pyrrole nitrogens is 2. The number of carbonyl (C=O) groups is 3. The van der Waals surface area contributed by atoms with Gasteiger partial charge in [0.05, 0.1) is 30.1 Å². The molecule has 11 heteroatoms. The summed E-state index contributed by atoms with van der Waals surface area (Å²) in [5, 5.41) is 14.3. The third kappa shape index (κ3) is 5.64. The lowest BCUT2D eigenvalue weighted by Gasteiger charge is -2.28. The Kier molecular flexibility index (Phi) is 6.29. The Morgan fingerprint density at radius 3 is 2.19 bits per heavy atom. The zero-order valence-corrected chi connectivity index (χ0v) is 15.0. The van der Waals surface area contributed by atoms with Crippen LogP contribution in [0.25, 0.3) is 0 Å². The molecule has 11 nitrogen and oxygen atoms in total. The van der Waals surface area contributed by atoms with Gasteiger partial charge in [0.1, 0.15) is 11.6 Å². The van der Waals surface area contributed by atoms with Gasteiger partial charge in [-0.05, 0) is 13.8 Å². The molecule has 0 aliphatic heterocycles. The van der Waals surface area contributed by atoms with Crippen LogP contribution in [-0.4, -0.2) is 60.4 Å². The molecule has 2 aromatic heterocycles. The fourth-order valence-corrected chi connectivity index (χ4v) is 2.33. The summed E-state index contributed by atoms with van der Waals surface area (Å²) in [5.74, 6) is -2.40. The summed E-state index contributed by atoms with van der Waals surface area (Å²) < 4.78 is 0. The van der Waals surface area contributed by atoms with Crippen molar-refractivity contribution in [2.24, 2.45) is 5.73 Å². The van der Waals surface area contributed by atoms with Gasteiger partial charge in [0, 0.05) is 25.2 Å². The molecule has 2 aromatic rings. The van der Waals surface area contributed by atoms with Crippen LogP contribution in [0.5, 0.6) is 0 Å². The lowest BCUT2D eigenvalue weighted by molar-refractivity contribution is -0.143. The van der Waals surface area contributed by atoms with Crippen molar-refractivity contribution in [3.8, 4) is 0 Å². The molecule has 0 aromatic carbocycles. The maximum Gasteiger partial charge on any atom is 0.326 e. The Morgan fingerprint density at radius 2 is 1.70 bits per heavy atom. The van der Waals surface area contributed by atoms with E-state index < -0.39 is 35.4 Å². The van der Waals surface area contributed by atoms with Crippen LogP contribution in [0, 0.1) is 0 Å². The third-order valence-corrected chi connectivity index (χ3v) is 3.90. The number of carboxylic acid groups (broad SMARTS) is 1. The van der Waals surface area contributed by atoms with Crippen LogP contribution in [0.4, 0.5) is 0 Å². The second-order valence-corrected chi connectivity index (χ2v) is 6.61. The fourth-order valence-electron chi connectivity index (χ4n) is 2.33. The highest BCUT2D eigenvalue weighted by Crippen LogP contribution is 2.07. The minimum absolute atomic E-state index is 0.00721. The summed E-state index contributed by atoms with van der Waals surface area (Å²) in [4.78, 5) is 49.6. The highest BCUT2D eigenvalue weighted by atomic mass is 16.4. The van der Waals surface area contributed by atoms with Crippen molar-refractivity contribution in [3.05, 3.63) is 36.4 Å². The van der Waals surface area contributed by atoms with Crippen LogP contribution in [-0.2, 0) is 27.2 Å². The number of nitrogens with two attached hydrogens (primary N) is 1. The van der Waals surface area contributed by atoms with Crippen molar-refractivity contribution in [1.82, 2.24) is 30.6 Å². The molecular weight excluding hydrogens is 354 g/mol. The number of carbonyl (C=O) groups excluding carboxylic acids is 2. The molecule has 0 aliphatic carbocycles. The van der Waals surface area contributed by atoms with Gasteiger partial charge in [-0.3, -0.25) is 9.59 Å². The van der Waals surface area contributed by atoms with E-state index in [0.29, 0.717) is 11.4 Å². The molecule has 0 aliphatic rings. The number of aromatic nitrogens is 4. The topological polar surface area (TPSA) is 179 Å². The molecule has 2 atom stereocenters. The zero-order chi connectivity index (χ0) is 20.0. The van der Waals surface area contributed by atoms with E-state index in [0.717, 1.165) is 0 Å². The first-order valence-corrected chi connectivity index (χ1v) is 8.25. The smallest absolute Gasteiger partial charge is 0.326 e. The number of carboxylic acids is 1. The van der Waals surface area contributed by atoms with E-state index in [1.54, 1.807) is 12.4 Å². The van der Waals surface area contributed by atoms with E-state index in [1.807, 2.05) is 0 Å². The quantitative estimate of drug-likeness (QED) is 0.314. The monoisotopic (exact) mass is 377 g/mol. The minimum atomic E-state index is -1.36. The molecule has 0 saturated carbocycles. The summed E-state index contributed by atoms with van der Waals surface area (Å²) in [6, 6.07) is -2.09. The molecule has 2 amide bonds. The number of hydrogen-bond donors (Lipinski definition) is 6. The molecule has 2 rings (SSSR count). The van der Waals surface area contributed by atoms with Crippen LogP contribution >= 0.6 is 0 Å². The molecule has 7 N–H and O–H groups in total. The predicted molar refractivity (Wildman–Crippen MR) is 94.3 cm³/mol. The molecule has 0 radical (unpaired) electrons. The van der Waals surface area contributed by atoms with Gasteiger partial charge in [-0.1, -0.05) is 0 Å². The summed E-state index contributed by atoms with van der Waals surface area (Å²) in [6.45, 7) is 2.93. The van der Waals surface area contributed by atoms with Crippen LogP contribution in [0.2, 0.25) is 0 Å². The van der Waals surface area contributed by atoms with E-state index in [9.17, 15) is 19.5 Å². The Morgan fingerprint density at radius 1 is 1.15 bits per heavy atom.